The number of rotatable bonds is 2. The molecular formula is C19H22N2. The van der Waals surface area contributed by atoms with Gasteiger partial charge in [-0.3, -0.25) is 0 Å². The maximum Gasteiger partial charge on any atom is 0.0502 e. The smallest absolute Gasteiger partial charge is 0.0502 e. The molecule has 1 saturated heterocycles. The molecule has 2 heterocycles. The van der Waals surface area contributed by atoms with E-state index in [1.807, 2.05) is 0 Å². The fourth-order valence-electron chi connectivity index (χ4n) is 3.99. The van der Waals surface area contributed by atoms with Crippen molar-refractivity contribution in [1.82, 2.24) is 4.90 Å². The van der Waals surface area contributed by atoms with Gasteiger partial charge in [-0.1, -0.05) is 48.0 Å². The summed E-state index contributed by atoms with van der Waals surface area (Å²) in [6.45, 7) is 5.58. The second kappa shape index (κ2) is 4.88. The summed E-state index contributed by atoms with van der Waals surface area (Å²) in [7, 11) is 2.24. The van der Waals surface area contributed by atoms with Crippen LogP contribution in [0.2, 0.25) is 0 Å². The van der Waals surface area contributed by atoms with Crippen molar-refractivity contribution in [3.63, 3.8) is 0 Å². The highest BCUT2D eigenvalue weighted by Crippen LogP contribution is 2.45. The second-order valence-corrected chi connectivity index (χ2v) is 6.57. The Kier molecular flexibility index (Phi) is 3.00. The lowest BCUT2D eigenvalue weighted by Gasteiger charge is -2.27. The average Bonchev–Trinajstić information content (AvgIpc) is 2.98. The molecule has 2 aliphatic rings. The number of nitrogens with zero attached hydrogens (tertiary/aromatic N) is 2. The summed E-state index contributed by atoms with van der Waals surface area (Å²) in [6.07, 6.45) is 0. The Balaban J connectivity index is 1.73. The maximum atomic E-state index is 2.62. The summed E-state index contributed by atoms with van der Waals surface area (Å²) >= 11 is 0. The minimum atomic E-state index is 0.631. The molecule has 1 fully saturated rings. The number of benzene rings is 2. The van der Waals surface area contributed by atoms with E-state index in [-0.39, 0.29) is 0 Å². The fraction of sp³-hybridized carbons (Fsp3) is 0.368. The summed E-state index contributed by atoms with van der Waals surface area (Å²) in [5.74, 6) is 0.675. The molecule has 2 heteroatoms. The van der Waals surface area contributed by atoms with Crippen LogP contribution in [-0.2, 0) is 6.54 Å². The lowest BCUT2D eigenvalue weighted by Crippen LogP contribution is -2.35. The number of likely N-dealkylation sites (N-methyl/N-ethyl adjacent to an activating group) is 1. The van der Waals surface area contributed by atoms with Gasteiger partial charge in [0.2, 0.25) is 0 Å². The van der Waals surface area contributed by atoms with E-state index >= 15 is 0 Å². The van der Waals surface area contributed by atoms with Gasteiger partial charge in [0.1, 0.15) is 0 Å². The first-order valence-electron chi connectivity index (χ1n) is 7.82. The third-order valence-corrected chi connectivity index (χ3v) is 4.96. The molecule has 0 aliphatic carbocycles. The molecule has 21 heavy (non-hydrogen) atoms. The van der Waals surface area contributed by atoms with Crippen molar-refractivity contribution in [2.45, 2.75) is 25.4 Å². The molecule has 0 saturated carbocycles. The van der Waals surface area contributed by atoms with Crippen LogP contribution in [-0.4, -0.2) is 31.1 Å². The monoisotopic (exact) mass is 278 g/mol. The van der Waals surface area contributed by atoms with E-state index < -0.39 is 0 Å². The van der Waals surface area contributed by atoms with Gasteiger partial charge in [0.05, 0.1) is 6.04 Å². The first-order chi connectivity index (χ1) is 10.2. The van der Waals surface area contributed by atoms with Crippen LogP contribution in [0.4, 0.5) is 5.69 Å². The van der Waals surface area contributed by atoms with E-state index in [0.717, 1.165) is 6.54 Å². The molecule has 2 atom stereocenters. The van der Waals surface area contributed by atoms with Gasteiger partial charge >= 0.3 is 0 Å². The first kappa shape index (κ1) is 12.9. The highest BCUT2D eigenvalue weighted by molar-refractivity contribution is 5.64. The molecule has 0 bridgehead atoms. The molecule has 2 aliphatic heterocycles. The summed E-state index contributed by atoms with van der Waals surface area (Å²) in [6, 6.07) is 18.5. The molecule has 0 unspecified atom stereocenters. The summed E-state index contributed by atoms with van der Waals surface area (Å²) in [5, 5.41) is 0. The number of aryl methyl sites for hydroxylation is 1. The fourth-order valence-corrected chi connectivity index (χ4v) is 3.99. The lowest BCUT2D eigenvalue weighted by molar-refractivity contribution is 0.402. The van der Waals surface area contributed by atoms with Crippen LogP contribution in [0.15, 0.2) is 48.5 Å². The number of likely N-dealkylation sites (tertiary alicyclic amines) is 1. The zero-order chi connectivity index (χ0) is 14.4. The molecule has 0 aromatic heterocycles. The van der Waals surface area contributed by atoms with Crippen molar-refractivity contribution < 1.29 is 0 Å². The van der Waals surface area contributed by atoms with Crippen molar-refractivity contribution in [3.8, 4) is 0 Å². The number of hydrogen-bond donors (Lipinski definition) is 0. The van der Waals surface area contributed by atoms with E-state index in [9.17, 15) is 0 Å². The molecular weight excluding hydrogens is 256 g/mol. The average molecular weight is 278 g/mol. The summed E-state index contributed by atoms with van der Waals surface area (Å²) < 4.78 is 0. The standard InChI is InChI=1S/C19H22N2/c1-14-8-9-18-16(10-14)17-12-20(2)13-19(17)21(18)11-15-6-4-3-5-7-15/h3-10,17,19H,11-13H2,1-2H3/t17-,19-/m0/s1. The Labute approximate surface area is 127 Å². The molecule has 0 N–H and O–H groups in total. The van der Waals surface area contributed by atoms with Crippen LogP contribution < -0.4 is 4.90 Å². The van der Waals surface area contributed by atoms with E-state index in [0.29, 0.717) is 12.0 Å². The minimum absolute atomic E-state index is 0.631. The van der Waals surface area contributed by atoms with Gasteiger partial charge in [-0.2, -0.15) is 0 Å². The van der Waals surface area contributed by atoms with E-state index in [1.165, 1.54) is 29.9 Å². The Hall–Kier alpha value is -1.80. The Morgan fingerprint density at radius 3 is 2.67 bits per heavy atom. The van der Waals surface area contributed by atoms with Gasteiger partial charge in [0.25, 0.3) is 0 Å². The number of anilines is 1. The molecule has 2 aromatic rings. The van der Waals surface area contributed by atoms with Crippen molar-refractivity contribution >= 4 is 5.69 Å². The van der Waals surface area contributed by atoms with Crippen molar-refractivity contribution in [3.05, 3.63) is 65.2 Å². The molecule has 0 amide bonds. The van der Waals surface area contributed by atoms with Gasteiger partial charge < -0.3 is 9.80 Å². The van der Waals surface area contributed by atoms with E-state index in [4.69, 9.17) is 0 Å². The third kappa shape index (κ3) is 2.14. The summed E-state index contributed by atoms with van der Waals surface area (Å²) in [4.78, 5) is 5.09. The maximum absolute atomic E-state index is 2.62. The van der Waals surface area contributed by atoms with E-state index in [1.54, 1.807) is 5.56 Å². The Morgan fingerprint density at radius 1 is 1.05 bits per heavy atom. The van der Waals surface area contributed by atoms with Gasteiger partial charge in [-0.25, -0.2) is 0 Å². The summed E-state index contributed by atoms with van der Waals surface area (Å²) in [5.41, 5.74) is 5.79. The quantitative estimate of drug-likeness (QED) is 0.830. The largest absolute Gasteiger partial charge is 0.362 e. The van der Waals surface area contributed by atoms with Crippen LogP contribution in [0, 0.1) is 6.92 Å². The predicted molar refractivity (Wildman–Crippen MR) is 87.8 cm³/mol. The second-order valence-electron chi connectivity index (χ2n) is 6.57. The highest BCUT2D eigenvalue weighted by Gasteiger charge is 2.43. The normalized spacial score (nSPS) is 24.2. The predicted octanol–water partition coefficient (Wildman–Crippen LogP) is 3.41. The molecule has 0 radical (unpaired) electrons. The van der Waals surface area contributed by atoms with E-state index in [2.05, 4.69) is 72.3 Å². The SMILES string of the molecule is Cc1ccc2c(c1)[C@@H]1CN(C)C[C@@H]1N2Cc1ccccc1. The zero-order valence-electron chi connectivity index (χ0n) is 12.8. The van der Waals surface area contributed by atoms with Gasteiger partial charge in [-0.15, -0.1) is 0 Å². The number of fused-ring (bicyclic) bond motifs is 3. The molecule has 0 spiro atoms. The Morgan fingerprint density at radius 2 is 1.86 bits per heavy atom. The highest BCUT2D eigenvalue weighted by atomic mass is 15.3. The van der Waals surface area contributed by atoms with Crippen molar-refractivity contribution in [1.29, 1.82) is 0 Å². The molecule has 4 rings (SSSR count). The topological polar surface area (TPSA) is 6.48 Å². The third-order valence-electron chi connectivity index (χ3n) is 4.96. The zero-order valence-corrected chi connectivity index (χ0v) is 12.8. The minimum Gasteiger partial charge on any atom is -0.362 e. The van der Waals surface area contributed by atoms with Crippen molar-refractivity contribution in [2.24, 2.45) is 0 Å². The van der Waals surface area contributed by atoms with Crippen LogP contribution in [0.1, 0.15) is 22.6 Å². The van der Waals surface area contributed by atoms with Crippen LogP contribution >= 0.6 is 0 Å². The molecule has 2 nitrogen and oxygen atoms in total. The van der Waals surface area contributed by atoms with Crippen LogP contribution in [0.3, 0.4) is 0 Å². The van der Waals surface area contributed by atoms with Gasteiger partial charge in [0, 0.05) is 31.2 Å². The first-order valence-corrected chi connectivity index (χ1v) is 7.82. The number of hydrogen-bond acceptors (Lipinski definition) is 2. The van der Waals surface area contributed by atoms with Crippen LogP contribution in [0.25, 0.3) is 0 Å². The Bertz CT molecular complexity index is 650. The lowest BCUT2D eigenvalue weighted by atomic mass is 9.97. The van der Waals surface area contributed by atoms with Gasteiger partial charge in [-0.05, 0) is 31.2 Å². The van der Waals surface area contributed by atoms with Crippen LogP contribution in [0.5, 0.6) is 0 Å². The van der Waals surface area contributed by atoms with Crippen molar-refractivity contribution in [2.75, 3.05) is 25.0 Å². The van der Waals surface area contributed by atoms with Gasteiger partial charge in [0.15, 0.2) is 0 Å². The molecule has 108 valence electrons. The molecule has 2 aromatic carbocycles.